The number of rotatable bonds is 6. The lowest BCUT2D eigenvalue weighted by molar-refractivity contribution is -0.119. The van der Waals surface area contributed by atoms with Gasteiger partial charge in [0.1, 0.15) is 0 Å². The van der Waals surface area contributed by atoms with Gasteiger partial charge in [-0.3, -0.25) is 14.5 Å². The van der Waals surface area contributed by atoms with Crippen molar-refractivity contribution in [1.29, 1.82) is 0 Å². The molecule has 0 atom stereocenters. The van der Waals surface area contributed by atoms with Gasteiger partial charge in [0.15, 0.2) is 11.5 Å². The highest BCUT2D eigenvalue weighted by Gasteiger charge is 2.29. The van der Waals surface area contributed by atoms with Crippen LogP contribution in [-0.4, -0.2) is 75.2 Å². The molecule has 0 unspecified atom stereocenters. The van der Waals surface area contributed by atoms with E-state index in [0.717, 1.165) is 58.8 Å². The maximum Gasteiger partial charge on any atom is 0.258 e. The number of nitrogens with zero attached hydrogens (tertiary/aromatic N) is 3. The van der Waals surface area contributed by atoms with E-state index >= 15 is 0 Å². The molecule has 1 fully saturated rings. The molecule has 3 aromatic rings. The van der Waals surface area contributed by atoms with Crippen molar-refractivity contribution < 1.29 is 19.1 Å². The topological polar surface area (TPSA) is 86.4 Å². The minimum Gasteiger partial charge on any atom is -0.454 e. The number of anilines is 3. The second kappa shape index (κ2) is 11.0. The normalized spacial score (nSPS) is 17.8. The standard InChI is InChI=1S/C30H30BrN5O4/c1-34-11-13-36(14-12-34)17-27(37)35(2)22-7-5-21(6-8-22)32-29(19-3-10-25-26(15-19)40-18-39-25)28-23-9-4-20(31)16-24(23)33-30(28)38/h3-10,15-16,32H,11-14,17-18H2,1-2H3,(H,33,38). The van der Waals surface area contributed by atoms with Crippen LogP contribution in [0.25, 0.3) is 11.3 Å². The van der Waals surface area contributed by atoms with Crippen molar-refractivity contribution in [3.8, 4) is 11.5 Å². The van der Waals surface area contributed by atoms with Crippen LogP contribution in [0, 0.1) is 0 Å². The lowest BCUT2D eigenvalue weighted by Gasteiger charge is -2.32. The van der Waals surface area contributed by atoms with E-state index < -0.39 is 0 Å². The molecule has 0 spiro atoms. The van der Waals surface area contributed by atoms with Crippen molar-refractivity contribution in [2.24, 2.45) is 0 Å². The molecule has 206 valence electrons. The van der Waals surface area contributed by atoms with Crippen LogP contribution in [0.5, 0.6) is 11.5 Å². The molecule has 3 heterocycles. The zero-order chi connectivity index (χ0) is 27.8. The molecule has 1 saturated heterocycles. The summed E-state index contributed by atoms with van der Waals surface area (Å²) in [5.41, 5.74) is 5.09. The first-order chi connectivity index (χ1) is 19.4. The fourth-order valence-electron chi connectivity index (χ4n) is 5.08. The van der Waals surface area contributed by atoms with Gasteiger partial charge in [0.05, 0.1) is 23.5 Å². The molecular weight excluding hydrogens is 574 g/mol. The van der Waals surface area contributed by atoms with Gasteiger partial charge in [-0.05, 0) is 61.6 Å². The Labute approximate surface area is 241 Å². The Morgan fingerprint density at radius 2 is 1.75 bits per heavy atom. The highest BCUT2D eigenvalue weighted by atomic mass is 79.9. The van der Waals surface area contributed by atoms with E-state index in [1.54, 1.807) is 11.9 Å². The van der Waals surface area contributed by atoms with Crippen LogP contribution in [0.1, 0.15) is 11.1 Å². The van der Waals surface area contributed by atoms with Gasteiger partial charge in [0, 0.05) is 60.2 Å². The van der Waals surface area contributed by atoms with Gasteiger partial charge in [0.2, 0.25) is 12.7 Å². The molecule has 2 N–H and O–H groups in total. The monoisotopic (exact) mass is 603 g/mol. The van der Waals surface area contributed by atoms with Crippen molar-refractivity contribution >= 4 is 56.1 Å². The van der Waals surface area contributed by atoms with E-state index in [9.17, 15) is 9.59 Å². The number of hydrogen-bond donors (Lipinski definition) is 2. The number of nitrogens with one attached hydrogen (secondary N) is 2. The number of likely N-dealkylation sites (N-methyl/N-ethyl adjacent to an activating group) is 2. The Hall–Kier alpha value is -3.86. The zero-order valence-corrected chi connectivity index (χ0v) is 24.0. The number of piperazine rings is 1. The Morgan fingerprint density at radius 3 is 2.52 bits per heavy atom. The first kappa shape index (κ1) is 26.4. The summed E-state index contributed by atoms with van der Waals surface area (Å²) in [7, 11) is 3.91. The number of hydrogen-bond acceptors (Lipinski definition) is 7. The third kappa shape index (κ3) is 5.30. The van der Waals surface area contributed by atoms with Gasteiger partial charge in [-0.1, -0.05) is 22.0 Å². The van der Waals surface area contributed by atoms with Gasteiger partial charge >= 0.3 is 0 Å². The fraction of sp³-hybridized carbons (Fsp3) is 0.267. The second-order valence-electron chi connectivity index (χ2n) is 10.2. The second-order valence-corrected chi connectivity index (χ2v) is 11.1. The average Bonchev–Trinajstić information content (AvgIpc) is 3.55. The van der Waals surface area contributed by atoms with Crippen LogP contribution in [0.2, 0.25) is 0 Å². The molecule has 0 aliphatic carbocycles. The summed E-state index contributed by atoms with van der Waals surface area (Å²) < 4.78 is 12.0. The highest BCUT2D eigenvalue weighted by molar-refractivity contribution is 9.10. The summed E-state index contributed by atoms with van der Waals surface area (Å²) in [5, 5.41) is 6.45. The average molecular weight is 605 g/mol. The molecule has 40 heavy (non-hydrogen) atoms. The maximum atomic E-state index is 13.3. The molecule has 0 aromatic heterocycles. The number of fused-ring (bicyclic) bond motifs is 2. The first-order valence-electron chi connectivity index (χ1n) is 13.2. The van der Waals surface area contributed by atoms with Gasteiger partial charge in [0.25, 0.3) is 5.91 Å². The SMILES string of the molecule is CN1CCN(CC(=O)N(C)c2ccc(NC(=C3C(=O)Nc4cc(Br)ccc43)c3ccc4c(c3)OCO4)cc2)CC1. The van der Waals surface area contributed by atoms with Crippen LogP contribution >= 0.6 is 15.9 Å². The van der Waals surface area contributed by atoms with E-state index in [0.29, 0.717) is 29.3 Å². The maximum absolute atomic E-state index is 13.3. The number of carbonyl (C=O) groups is 2. The molecule has 0 radical (unpaired) electrons. The van der Waals surface area contributed by atoms with Crippen LogP contribution < -0.4 is 25.0 Å². The van der Waals surface area contributed by atoms with E-state index in [4.69, 9.17) is 9.47 Å². The van der Waals surface area contributed by atoms with Gasteiger partial charge in [-0.15, -0.1) is 0 Å². The summed E-state index contributed by atoms with van der Waals surface area (Å²) in [5.74, 6) is 1.16. The predicted molar refractivity (Wildman–Crippen MR) is 160 cm³/mol. The minimum absolute atomic E-state index is 0.0545. The van der Waals surface area contributed by atoms with Crippen molar-refractivity contribution in [2.45, 2.75) is 0 Å². The number of halogens is 1. The predicted octanol–water partition coefficient (Wildman–Crippen LogP) is 4.32. The number of amides is 2. The van der Waals surface area contributed by atoms with Gasteiger partial charge in [-0.2, -0.15) is 0 Å². The third-order valence-corrected chi connectivity index (χ3v) is 7.98. The third-order valence-electron chi connectivity index (χ3n) is 7.49. The summed E-state index contributed by atoms with van der Waals surface area (Å²) in [6.45, 7) is 4.29. The summed E-state index contributed by atoms with van der Waals surface area (Å²) in [4.78, 5) is 32.4. The Bertz CT molecular complexity index is 1500. The highest BCUT2D eigenvalue weighted by Crippen LogP contribution is 2.41. The Morgan fingerprint density at radius 1 is 1.00 bits per heavy atom. The smallest absolute Gasteiger partial charge is 0.258 e. The summed E-state index contributed by atoms with van der Waals surface area (Å²) in [6, 6.07) is 19.0. The summed E-state index contributed by atoms with van der Waals surface area (Å²) >= 11 is 3.49. The molecule has 9 nitrogen and oxygen atoms in total. The van der Waals surface area contributed by atoms with Crippen molar-refractivity contribution in [3.05, 3.63) is 76.3 Å². The van der Waals surface area contributed by atoms with E-state index in [1.807, 2.05) is 60.7 Å². The molecule has 3 aromatic carbocycles. The molecule has 10 heteroatoms. The van der Waals surface area contributed by atoms with Crippen LogP contribution in [0.4, 0.5) is 17.1 Å². The number of benzene rings is 3. The van der Waals surface area contributed by atoms with Crippen molar-refractivity contribution in [1.82, 2.24) is 9.80 Å². The van der Waals surface area contributed by atoms with E-state index in [-0.39, 0.29) is 18.6 Å². The molecule has 3 aliphatic heterocycles. The number of carbonyl (C=O) groups excluding carboxylic acids is 2. The molecule has 0 bridgehead atoms. The summed E-state index contributed by atoms with van der Waals surface area (Å²) in [6.07, 6.45) is 0. The van der Waals surface area contributed by atoms with Gasteiger partial charge in [-0.25, -0.2) is 0 Å². The molecular formula is C30H30BrN5O4. The van der Waals surface area contributed by atoms with E-state index in [1.165, 1.54) is 0 Å². The zero-order valence-electron chi connectivity index (χ0n) is 22.4. The van der Waals surface area contributed by atoms with Gasteiger partial charge < -0.3 is 29.9 Å². The van der Waals surface area contributed by atoms with Crippen molar-refractivity contribution in [3.63, 3.8) is 0 Å². The first-order valence-corrected chi connectivity index (χ1v) is 13.9. The minimum atomic E-state index is -0.195. The van der Waals surface area contributed by atoms with Crippen LogP contribution in [0.15, 0.2) is 65.1 Å². The Balaban J connectivity index is 1.28. The van der Waals surface area contributed by atoms with Crippen molar-refractivity contribution in [2.75, 3.05) is 69.1 Å². The number of ether oxygens (including phenoxy) is 2. The molecule has 3 aliphatic rings. The van der Waals surface area contributed by atoms with Crippen LogP contribution in [-0.2, 0) is 9.59 Å². The van der Waals surface area contributed by atoms with E-state index in [2.05, 4.69) is 43.4 Å². The molecule has 6 rings (SSSR count). The Kier molecular flexibility index (Phi) is 7.22. The quantitative estimate of drug-likeness (QED) is 0.406. The molecule has 0 saturated carbocycles. The fourth-order valence-corrected chi connectivity index (χ4v) is 5.45. The molecule has 2 amide bonds. The van der Waals surface area contributed by atoms with Crippen LogP contribution in [0.3, 0.4) is 0 Å². The largest absolute Gasteiger partial charge is 0.454 e. The lowest BCUT2D eigenvalue weighted by Crippen LogP contribution is -2.48. The lowest BCUT2D eigenvalue weighted by atomic mass is 9.99.